The average molecular weight is 257 g/mol. The second-order valence-corrected chi connectivity index (χ2v) is 5.18. The van der Waals surface area contributed by atoms with Crippen LogP contribution < -0.4 is 4.74 Å². The van der Waals surface area contributed by atoms with Gasteiger partial charge in [0.05, 0.1) is 6.61 Å². The molecule has 14 heavy (non-hydrogen) atoms. The highest BCUT2D eigenvalue weighted by molar-refractivity contribution is 9.10. The SMILES string of the molecule is CCOc1ccc(C(C)(C)C)c(Br)c1. The van der Waals surface area contributed by atoms with Gasteiger partial charge in [0, 0.05) is 4.47 Å². The maximum absolute atomic E-state index is 5.42. The van der Waals surface area contributed by atoms with Crippen LogP contribution in [-0.4, -0.2) is 6.61 Å². The Morgan fingerprint density at radius 1 is 1.29 bits per heavy atom. The van der Waals surface area contributed by atoms with Crippen molar-refractivity contribution in [1.29, 1.82) is 0 Å². The molecular weight excluding hydrogens is 240 g/mol. The number of hydrogen-bond donors (Lipinski definition) is 0. The molecule has 1 aromatic rings. The lowest BCUT2D eigenvalue weighted by Crippen LogP contribution is -2.11. The van der Waals surface area contributed by atoms with E-state index in [1.165, 1.54) is 5.56 Å². The van der Waals surface area contributed by atoms with E-state index < -0.39 is 0 Å². The van der Waals surface area contributed by atoms with Crippen molar-refractivity contribution >= 4 is 15.9 Å². The monoisotopic (exact) mass is 256 g/mol. The van der Waals surface area contributed by atoms with E-state index in [-0.39, 0.29) is 5.41 Å². The lowest BCUT2D eigenvalue weighted by atomic mass is 9.87. The lowest BCUT2D eigenvalue weighted by molar-refractivity contribution is 0.339. The summed E-state index contributed by atoms with van der Waals surface area (Å²) in [5.74, 6) is 0.923. The van der Waals surface area contributed by atoms with Crippen LogP contribution in [0.2, 0.25) is 0 Å². The zero-order valence-electron chi connectivity index (χ0n) is 9.23. The van der Waals surface area contributed by atoms with Crippen LogP contribution in [0.25, 0.3) is 0 Å². The van der Waals surface area contributed by atoms with Crippen LogP contribution in [0.15, 0.2) is 22.7 Å². The van der Waals surface area contributed by atoms with Crippen molar-refractivity contribution in [2.75, 3.05) is 6.61 Å². The molecule has 0 fully saturated rings. The van der Waals surface area contributed by atoms with Crippen LogP contribution in [0.3, 0.4) is 0 Å². The standard InChI is InChI=1S/C12H17BrO/c1-5-14-9-6-7-10(11(13)8-9)12(2,3)4/h6-8H,5H2,1-4H3. The Morgan fingerprint density at radius 2 is 1.93 bits per heavy atom. The quantitative estimate of drug-likeness (QED) is 0.773. The van der Waals surface area contributed by atoms with Gasteiger partial charge >= 0.3 is 0 Å². The van der Waals surface area contributed by atoms with E-state index in [4.69, 9.17) is 4.74 Å². The van der Waals surface area contributed by atoms with Crippen LogP contribution in [0.5, 0.6) is 5.75 Å². The number of rotatable bonds is 2. The first-order valence-electron chi connectivity index (χ1n) is 4.88. The second-order valence-electron chi connectivity index (χ2n) is 4.32. The molecule has 0 aliphatic rings. The molecule has 0 spiro atoms. The molecule has 0 saturated heterocycles. The molecular formula is C12H17BrO. The van der Waals surface area contributed by atoms with Crippen molar-refractivity contribution in [2.24, 2.45) is 0 Å². The average Bonchev–Trinajstić information content (AvgIpc) is 2.02. The highest BCUT2D eigenvalue weighted by Crippen LogP contribution is 2.32. The Labute approximate surface area is 94.6 Å². The van der Waals surface area contributed by atoms with Gasteiger partial charge < -0.3 is 4.74 Å². The smallest absolute Gasteiger partial charge is 0.120 e. The fourth-order valence-electron chi connectivity index (χ4n) is 1.36. The van der Waals surface area contributed by atoms with Gasteiger partial charge in [-0.05, 0) is 30.0 Å². The third kappa shape index (κ3) is 2.74. The van der Waals surface area contributed by atoms with Gasteiger partial charge in [-0.25, -0.2) is 0 Å². The Morgan fingerprint density at radius 3 is 2.36 bits per heavy atom. The van der Waals surface area contributed by atoms with Gasteiger partial charge in [0.2, 0.25) is 0 Å². The molecule has 0 aliphatic carbocycles. The van der Waals surface area contributed by atoms with E-state index in [0.29, 0.717) is 6.61 Å². The zero-order valence-corrected chi connectivity index (χ0v) is 10.8. The summed E-state index contributed by atoms with van der Waals surface area (Å²) in [6.07, 6.45) is 0. The van der Waals surface area contributed by atoms with Crippen LogP contribution in [0, 0.1) is 0 Å². The second kappa shape index (κ2) is 4.35. The van der Waals surface area contributed by atoms with Crippen LogP contribution >= 0.6 is 15.9 Å². The summed E-state index contributed by atoms with van der Waals surface area (Å²) in [4.78, 5) is 0. The Hall–Kier alpha value is -0.500. The molecule has 0 heterocycles. The van der Waals surface area contributed by atoms with Gasteiger partial charge in [-0.15, -0.1) is 0 Å². The fraction of sp³-hybridized carbons (Fsp3) is 0.500. The number of ether oxygens (including phenoxy) is 1. The largest absolute Gasteiger partial charge is 0.494 e. The highest BCUT2D eigenvalue weighted by Gasteiger charge is 2.16. The maximum Gasteiger partial charge on any atom is 0.120 e. The molecule has 0 unspecified atom stereocenters. The summed E-state index contributed by atoms with van der Waals surface area (Å²) in [5.41, 5.74) is 1.48. The minimum Gasteiger partial charge on any atom is -0.494 e. The van der Waals surface area contributed by atoms with E-state index in [1.807, 2.05) is 19.1 Å². The zero-order chi connectivity index (χ0) is 10.8. The first-order chi connectivity index (χ1) is 6.45. The molecule has 0 N–H and O–H groups in total. The molecule has 1 rings (SSSR count). The lowest BCUT2D eigenvalue weighted by Gasteiger charge is -2.21. The molecule has 0 amide bonds. The molecule has 2 heteroatoms. The van der Waals surface area contributed by atoms with Gasteiger partial charge in [-0.2, -0.15) is 0 Å². The topological polar surface area (TPSA) is 9.23 Å². The molecule has 0 aliphatic heterocycles. The van der Waals surface area contributed by atoms with Gasteiger partial charge in [0.1, 0.15) is 5.75 Å². The van der Waals surface area contributed by atoms with E-state index >= 15 is 0 Å². The van der Waals surface area contributed by atoms with Gasteiger partial charge in [-0.1, -0.05) is 42.8 Å². The van der Waals surface area contributed by atoms with Crippen molar-refractivity contribution in [3.63, 3.8) is 0 Å². The van der Waals surface area contributed by atoms with Crippen molar-refractivity contribution in [2.45, 2.75) is 33.1 Å². The molecule has 1 aromatic carbocycles. The molecule has 0 radical (unpaired) electrons. The summed E-state index contributed by atoms with van der Waals surface area (Å²) in [7, 11) is 0. The molecule has 78 valence electrons. The number of hydrogen-bond acceptors (Lipinski definition) is 1. The third-order valence-corrected chi connectivity index (χ3v) is 2.72. The summed E-state index contributed by atoms with van der Waals surface area (Å²) < 4.78 is 6.55. The first-order valence-corrected chi connectivity index (χ1v) is 5.67. The Bertz CT molecular complexity index is 313. The number of halogens is 1. The maximum atomic E-state index is 5.42. The molecule has 0 aromatic heterocycles. The summed E-state index contributed by atoms with van der Waals surface area (Å²) >= 11 is 3.57. The third-order valence-electron chi connectivity index (χ3n) is 2.06. The van der Waals surface area contributed by atoms with E-state index in [0.717, 1.165) is 10.2 Å². The molecule has 1 nitrogen and oxygen atoms in total. The predicted octanol–water partition coefficient (Wildman–Crippen LogP) is 4.15. The van der Waals surface area contributed by atoms with E-state index in [1.54, 1.807) is 0 Å². The van der Waals surface area contributed by atoms with Crippen molar-refractivity contribution in [3.05, 3.63) is 28.2 Å². The van der Waals surface area contributed by atoms with Crippen molar-refractivity contribution < 1.29 is 4.74 Å². The first kappa shape index (κ1) is 11.6. The summed E-state index contributed by atoms with van der Waals surface area (Å²) in [6.45, 7) is 9.31. The van der Waals surface area contributed by atoms with Gasteiger partial charge in [0.15, 0.2) is 0 Å². The van der Waals surface area contributed by atoms with Gasteiger partial charge in [0.25, 0.3) is 0 Å². The van der Waals surface area contributed by atoms with E-state index in [9.17, 15) is 0 Å². The Balaban J connectivity index is 3.02. The highest BCUT2D eigenvalue weighted by atomic mass is 79.9. The van der Waals surface area contributed by atoms with Crippen LogP contribution in [0.4, 0.5) is 0 Å². The Kier molecular flexibility index (Phi) is 3.59. The van der Waals surface area contributed by atoms with Crippen molar-refractivity contribution in [1.82, 2.24) is 0 Å². The minimum absolute atomic E-state index is 0.170. The fourth-order valence-corrected chi connectivity index (χ4v) is 2.31. The number of benzene rings is 1. The molecule has 0 atom stereocenters. The van der Waals surface area contributed by atoms with Gasteiger partial charge in [-0.3, -0.25) is 0 Å². The summed E-state index contributed by atoms with van der Waals surface area (Å²) in [5, 5.41) is 0. The van der Waals surface area contributed by atoms with Crippen LogP contribution in [-0.2, 0) is 5.41 Å². The normalized spacial score (nSPS) is 11.5. The summed E-state index contributed by atoms with van der Waals surface area (Å²) in [6, 6.07) is 6.17. The van der Waals surface area contributed by atoms with E-state index in [2.05, 4.69) is 42.8 Å². The molecule has 0 bridgehead atoms. The molecule has 0 saturated carbocycles. The van der Waals surface area contributed by atoms with Crippen LogP contribution in [0.1, 0.15) is 33.3 Å². The van der Waals surface area contributed by atoms with Crippen molar-refractivity contribution in [3.8, 4) is 5.75 Å². The predicted molar refractivity (Wildman–Crippen MR) is 64.0 cm³/mol. The minimum atomic E-state index is 0.170.